The van der Waals surface area contributed by atoms with Crippen molar-refractivity contribution in [3.8, 4) is 0 Å². The number of hydrogen-bond donors (Lipinski definition) is 1. The van der Waals surface area contributed by atoms with Gasteiger partial charge in [-0.3, -0.25) is 0 Å². The molecular weight excluding hydrogens is 210 g/mol. The lowest BCUT2D eigenvalue weighted by Crippen LogP contribution is -2.20. The van der Waals surface area contributed by atoms with Crippen LogP contribution < -0.4 is 5.32 Å². The maximum Gasteiger partial charge on any atom is 0.155 e. The van der Waals surface area contributed by atoms with Crippen LogP contribution in [0.2, 0.25) is 0 Å². The van der Waals surface area contributed by atoms with E-state index < -0.39 is 9.84 Å². The van der Waals surface area contributed by atoms with E-state index in [1.165, 1.54) is 0 Å². The van der Waals surface area contributed by atoms with E-state index in [2.05, 4.69) is 5.32 Å². The third kappa shape index (κ3) is 4.44. The molecule has 1 rings (SSSR count). The molecule has 0 bridgehead atoms. The first kappa shape index (κ1) is 12.2. The fourth-order valence-corrected chi connectivity index (χ4v) is 2.63. The Hall–Kier alpha value is -0.870. The summed E-state index contributed by atoms with van der Waals surface area (Å²) in [6, 6.07) is 7.60. The summed E-state index contributed by atoms with van der Waals surface area (Å²) in [5.74, 6) is 0.326. The highest BCUT2D eigenvalue weighted by Crippen LogP contribution is 2.08. The van der Waals surface area contributed by atoms with Crippen LogP contribution in [0.3, 0.4) is 0 Å². The van der Waals surface area contributed by atoms with Gasteiger partial charge in [-0.1, -0.05) is 29.8 Å². The van der Waals surface area contributed by atoms with Gasteiger partial charge in [0, 0.05) is 6.54 Å². The van der Waals surface area contributed by atoms with Gasteiger partial charge in [-0.15, -0.1) is 0 Å². The van der Waals surface area contributed by atoms with E-state index in [1.54, 1.807) is 7.05 Å². The molecule has 0 heterocycles. The molecule has 0 spiro atoms. The fourth-order valence-electron chi connectivity index (χ4n) is 1.27. The number of sulfone groups is 1. The minimum absolute atomic E-state index is 0.134. The van der Waals surface area contributed by atoms with Crippen LogP contribution in [0.1, 0.15) is 11.1 Å². The zero-order valence-corrected chi connectivity index (χ0v) is 9.97. The molecule has 0 saturated carbocycles. The summed E-state index contributed by atoms with van der Waals surface area (Å²) in [7, 11) is -1.22. The van der Waals surface area contributed by atoms with E-state index in [0.29, 0.717) is 6.54 Å². The van der Waals surface area contributed by atoms with Crippen molar-refractivity contribution in [3.63, 3.8) is 0 Å². The van der Waals surface area contributed by atoms with E-state index in [1.807, 2.05) is 31.2 Å². The molecule has 15 heavy (non-hydrogen) atoms. The average Bonchev–Trinajstić information content (AvgIpc) is 2.18. The van der Waals surface area contributed by atoms with Gasteiger partial charge in [0.25, 0.3) is 0 Å². The maximum absolute atomic E-state index is 11.6. The lowest BCUT2D eigenvalue weighted by atomic mass is 10.2. The Morgan fingerprint density at radius 1 is 1.20 bits per heavy atom. The van der Waals surface area contributed by atoms with Gasteiger partial charge >= 0.3 is 0 Å². The number of nitrogens with one attached hydrogen (secondary N) is 1. The van der Waals surface area contributed by atoms with Gasteiger partial charge in [0.15, 0.2) is 9.84 Å². The molecule has 0 saturated heterocycles. The van der Waals surface area contributed by atoms with Gasteiger partial charge in [0.1, 0.15) is 0 Å². The highest BCUT2D eigenvalue weighted by atomic mass is 32.2. The summed E-state index contributed by atoms with van der Waals surface area (Å²) in [5, 5.41) is 2.84. The van der Waals surface area contributed by atoms with Crippen LogP contribution in [-0.2, 0) is 15.6 Å². The summed E-state index contributed by atoms with van der Waals surface area (Å²) >= 11 is 0. The minimum Gasteiger partial charge on any atom is -0.319 e. The van der Waals surface area contributed by atoms with Crippen molar-refractivity contribution in [3.05, 3.63) is 35.4 Å². The molecule has 0 aliphatic carbocycles. The molecule has 1 aromatic rings. The van der Waals surface area contributed by atoms with Gasteiger partial charge < -0.3 is 5.32 Å². The first-order valence-corrected chi connectivity index (χ1v) is 6.76. The zero-order chi connectivity index (χ0) is 11.3. The molecule has 0 aromatic heterocycles. The van der Waals surface area contributed by atoms with E-state index in [0.717, 1.165) is 11.1 Å². The molecule has 1 N–H and O–H groups in total. The summed E-state index contributed by atoms with van der Waals surface area (Å²) in [6.07, 6.45) is 0. The van der Waals surface area contributed by atoms with Crippen molar-refractivity contribution in [2.45, 2.75) is 12.7 Å². The molecule has 3 nitrogen and oxygen atoms in total. The topological polar surface area (TPSA) is 46.2 Å². The molecule has 0 fully saturated rings. The third-order valence-corrected chi connectivity index (χ3v) is 3.77. The van der Waals surface area contributed by atoms with Crippen molar-refractivity contribution in [1.29, 1.82) is 0 Å². The molecule has 0 aliphatic rings. The second-order valence-corrected chi connectivity index (χ2v) is 5.87. The molecule has 0 atom stereocenters. The Bertz CT molecular complexity index is 395. The zero-order valence-electron chi connectivity index (χ0n) is 9.16. The van der Waals surface area contributed by atoms with Crippen LogP contribution in [0.15, 0.2) is 24.3 Å². The molecule has 0 unspecified atom stereocenters. The third-order valence-electron chi connectivity index (χ3n) is 2.17. The molecule has 0 amide bonds. The molecule has 1 aromatic carbocycles. The van der Waals surface area contributed by atoms with Crippen LogP contribution >= 0.6 is 0 Å². The van der Waals surface area contributed by atoms with Crippen LogP contribution in [0, 0.1) is 6.92 Å². The standard InChI is InChI=1S/C11H17NO2S/c1-10-3-5-11(6-4-10)9-15(13,14)8-7-12-2/h3-6,12H,7-9H2,1-2H3. The Morgan fingerprint density at radius 3 is 2.33 bits per heavy atom. The second-order valence-electron chi connectivity index (χ2n) is 3.68. The van der Waals surface area contributed by atoms with Crippen molar-refractivity contribution >= 4 is 9.84 Å². The van der Waals surface area contributed by atoms with Gasteiger partial charge in [-0.05, 0) is 19.5 Å². The average molecular weight is 227 g/mol. The molecular formula is C11H17NO2S. The maximum atomic E-state index is 11.6. The Balaban J connectivity index is 2.65. The van der Waals surface area contributed by atoms with Crippen LogP contribution in [0.4, 0.5) is 0 Å². The largest absolute Gasteiger partial charge is 0.319 e. The predicted molar refractivity (Wildman–Crippen MR) is 62.6 cm³/mol. The summed E-state index contributed by atoms with van der Waals surface area (Å²) < 4.78 is 23.2. The van der Waals surface area contributed by atoms with Crippen LogP contribution in [0.25, 0.3) is 0 Å². The van der Waals surface area contributed by atoms with E-state index in [4.69, 9.17) is 0 Å². The van der Waals surface area contributed by atoms with Crippen molar-refractivity contribution in [1.82, 2.24) is 5.32 Å². The van der Waals surface area contributed by atoms with E-state index >= 15 is 0 Å². The summed E-state index contributed by atoms with van der Waals surface area (Å²) in [6.45, 7) is 2.49. The predicted octanol–water partition coefficient (Wildman–Crippen LogP) is 1.13. The number of rotatable bonds is 5. The lowest BCUT2D eigenvalue weighted by Gasteiger charge is -2.04. The van der Waals surface area contributed by atoms with Gasteiger partial charge in [0.2, 0.25) is 0 Å². The number of aryl methyl sites for hydroxylation is 1. The SMILES string of the molecule is CNCCS(=O)(=O)Cc1ccc(C)cc1. The number of hydrogen-bond acceptors (Lipinski definition) is 3. The van der Waals surface area contributed by atoms with Crippen molar-refractivity contribution < 1.29 is 8.42 Å². The van der Waals surface area contributed by atoms with Gasteiger partial charge in [0.05, 0.1) is 11.5 Å². The van der Waals surface area contributed by atoms with E-state index in [9.17, 15) is 8.42 Å². The van der Waals surface area contributed by atoms with Crippen molar-refractivity contribution in [2.75, 3.05) is 19.3 Å². The van der Waals surface area contributed by atoms with Gasteiger partial charge in [-0.25, -0.2) is 8.42 Å². The smallest absolute Gasteiger partial charge is 0.155 e. The van der Waals surface area contributed by atoms with Crippen LogP contribution in [0.5, 0.6) is 0 Å². The summed E-state index contributed by atoms with van der Waals surface area (Å²) in [5.41, 5.74) is 2.00. The first-order valence-electron chi connectivity index (χ1n) is 4.94. The molecule has 0 radical (unpaired) electrons. The second kappa shape index (κ2) is 5.28. The first-order chi connectivity index (χ1) is 7.03. The highest BCUT2D eigenvalue weighted by Gasteiger charge is 2.10. The lowest BCUT2D eigenvalue weighted by molar-refractivity contribution is 0.593. The highest BCUT2D eigenvalue weighted by molar-refractivity contribution is 7.90. The monoisotopic (exact) mass is 227 g/mol. The quantitative estimate of drug-likeness (QED) is 0.820. The number of benzene rings is 1. The fraction of sp³-hybridized carbons (Fsp3) is 0.455. The Labute approximate surface area is 91.4 Å². The molecule has 4 heteroatoms. The van der Waals surface area contributed by atoms with Crippen LogP contribution in [-0.4, -0.2) is 27.8 Å². The molecule has 84 valence electrons. The Kier molecular flexibility index (Phi) is 4.29. The molecule has 0 aliphatic heterocycles. The minimum atomic E-state index is -2.97. The Morgan fingerprint density at radius 2 is 1.80 bits per heavy atom. The van der Waals surface area contributed by atoms with Gasteiger partial charge in [-0.2, -0.15) is 0 Å². The summed E-state index contributed by atoms with van der Waals surface area (Å²) in [4.78, 5) is 0. The van der Waals surface area contributed by atoms with E-state index in [-0.39, 0.29) is 11.5 Å². The van der Waals surface area contributed by atoms with Crippen molar-refractivity contribution in [2.24, 2.45) is 0 Å². The normalized spacial score (nSPS) is 11.6.